The maximum absolute atomic E-state index is 10.1. The maximum Gasteiger partial charge on any atom is 0.126 e. The molecular formula is C12H12BrNO2. The van der Waals surface area contributed by atoms with E-state index < -0.39 is 11.7 Å². The van der Waals surface area contributed by atoms with E-state index >= 15 is 0 Å². The summed E-state index contributed by atoms with van der Waals surface area (Å²) in [7, 11) is 0. The van der Waals surface area contributed by atoms with Gasteiger partial charge in [0.25, 0.3) is 0 Å². The van der Waals surface area contributed by atoms with Crippen LogP contribution in [0.4, 0.5) is 0 Å². The summed E-state index contributed by atoms with van der Waals surface area (Å²) in [5.41, 5.74) is 0.724. The topological polar surface area (TPSA) is 53.2 Å². The molecule has 1 aromatic rings. The summed E-state index contributed by atoms with van der Waals surface area (Å²) in [4.78, 5) is -0.193. The highest BCUT2D eigenvalue weighted by Crippen LogP contribution is 2.43. The molecule has 0 saturated heterocycles. The number of halogens is 1. The van der Waals surface area contributed by atoms with Gasteiger partial charge < -0.3 is 9.84 Å². The van der Waals surface area contributed by atoms with Gasteiger partial charge in [0.1, 0.15) is 11.4 Å². The first-order chi connectivity index (χ1) is 7.45. The normalized spacial score (nSPS) is 26.4. The Hall–Kier alpha value is -1.05. The van der Waals surface area contributed by atoms with Crippen molar-refractivity contribution in [2.24, 2.45) is 0 Å². The number of rotatable bonds is 0. The van der Waals surface area contributed by atoms with Crippen LogP contribution in [-0.2, 0) is 0 Å². The molecule has 0 aromatic heterocycles. The minimum Gasteiger partial charge on any atom is -0.486 e. The van der Waals surface area contributed by atoms with Crippen LogP contribution in [0.5, 0.6) is 5.75 Å². The summed E-state index contributed by atoms with van der Waals surface area (Å²) in [5.74, 6) is 0.646. The minimum atomic E-state index is -0.660. The Kier molecular flexibility index (Phi) is 2.69. The van der Waals surface area contributed by atoms with Gasteiger partial charge in [0.05, 0.1) is 22.6 Å². The average Bonchev–Trinajstić information content (AvgIpc) is 2.25. The predicted octanol–water partition coefficient (Wildman–Crippen LogP) is 2.53. The van der Waals surface area contributed by atoms with Gasteiger partial charge in [0.15, 0.2) is 0 Å². The van der Waals surface area contributed by atoms with Gasteiger partial charge in [-0.2, -0.15) is 5.26 Å². The second-order valence-corrected chi connectivity index (χ2v) is 5.40. The molecule has 2 rings (SSSR count). The summed E-state index contributed by atoms with van der Waals surface area (Å²) in [6.45, 7) is 3.83. The first kappa shape index (κ1) is 11.4. The van der Waals surface area contributed by atoms with Crippen molar-refractivity contribution in [1.82, 2.24) is 0 Å². The third-order valence-corrected chi connectivity index (χ3v) is 4.38. The lowest BCUT2D eigenvalue weighted by Gasteiger charge is -2.40. The Labute approximate surface area is 103 Å². The number of benzene rings is 1. The largest absolute Gasteiger partial charge is 0.486 e. The molecule has 84 valence electrons. The van der Waals surface area contributed by atoms with Crippen molar-refractivity contribution in [2.75, 3.05) is 0 Å². The van der Waals surface area contributed by atoms with Crippen LogP contribution in [-0.4, -0.2) is 15.5 Å². The summed E-state index contributed by atoms with van der Waals surface area (Å²) in [5, 5.41) is 19.0. The number of alkyl halides is 1. The van der Waals surface area contributed by atoms with Crippen molar-refractivity contribution in [3.05, 3.63) is 29.3 Å². The third-order valence-electron chi connectivity index (χ3n) is 2.77. The molecule has 1 heterocycles. The van der Waals surface area contributed by atoms with Crippen LogP contribution in [0.15, 0.2) is 18.2 Å². The molecular weight excluding hydrogens is 270 g/mol. The minimum absolute atomic E-state index is 0.193. The number of ether oxygens (including phenoxy) is 1. The number of hydrogen-bond acceptors (Lipinski definition) is 3. The quantitative estimate of drug-likeness (QED) is 0.744. The molecule has 0 amide bonds. The van der Waals surface area contributed by atoms with Gasteiger partial charge >= 0.3 is 0 Å². The summed E-state index contributed by atoms with van der Waals surface area (Å²) < 4.78 is 5.79. The number of hydrogen-bond donors (Lipinski definition) is 1. The predicted molar refractivity (Wildman–Crippen MR) is 63.5 cm³/mol. The highest BCUT2D eigenvalue weighted by Gasteiger charge is 2.41. The number of aliphatic hydroxyl groups excluding tert-OH is 1. The third kappa shape index (κ3) is 1.70. The highest BCUT2D eigenvalue weighted by atomic mass is 79.9. The van der Waals surface area contributed by atoms with E-state index in [0.29, 0.717) is 16.9 Å². The van der Waals surface area contributed by atoms with Crippen LogP contribution in [0.3, 0.4) is 0 Å². The molecule has 0 spiro atoms. The molecule has 0 radical (unpaired) electrons. The number of nitriles is 1. The standard InChI is InChI=1S/C12H12BrNO2/c1-12(2)11(13)10(15)8-5-7(6-14)3-4-9(8)16-12/h3-5,10-11,15H,1-2H3/t10-,11+/m1/s1. The van der Waals surface area contributed by atoms with Crippen molar-refractivity contribution < 1.29 is 9.84 Å². The van der Waals surface area contributed by atoms with Gasteiger partial charge in [0, 0.05) is 5.56 Å². The zero-order chi connectivity index (χ0) is 11.9. The van der Waals surface area contributed by atoms with Crippen LogP contribution in [0.2, 0.25) is 0 Å². The number of fused-ring (bicyclic) bond motifs is 1. The van der Waals surface area contributed by atoms with Crippen LogP contribution < -0.4 is 4.74 Å². The second-order valence-electron chi connectivity index (χ2n) is 4.42. The fourth-order valence-electron chi connectivity index (χ4n) is 1.82. The molecule has 16 heavy (non-hydrogen) atoms. The van der Waals surface area contributed by atoms with Gasteiger partial charge in [0.2, 0.25) is 0 Å². The zero-order valence-corrected chi connectivity index (χ0v) is 10.7. The Balaban J connectivity index is 2.52. The SMILES string of the molecule is CC1(C)Oc2ccc(C#N)cc2[C@@H](O)[C@@H]1Br. The average molecular weight is 282 g/mol. The van der Waals surface area contributed by atoms with E-state index in [2.05, 4.69) is 22.0 Å². The lowest BCUT2D eigenvalue weighted by atomic mass is 9.91. The van der Waals surface area contributed by atoms with E-state index in [1.807, 2.05) is 13.8 Å². The molecule has 0 saturated carbocycles. The Bertz CT molecular complexity index is 465. The Morgan fingerprint density at radius 1 is 1.50 bits per heavy atom. The summed E-state index contributed by atoms with van der Waals surface area (Å²) in [6, 6.07) is 7.15. The molecule has 1 N–H and O–H groups in total. The van der Waals surface area contributed by atoms with Gasteiger partial charge in [-0.25, -0.2) is 0 Å². The van der Waals surface area contributed by atoms with Crippen molar-refractivity contribution >= 4 is 15.9 Å². The molecule has 3 nitrogen and oxygen atoms in total. The lowest BCUT2D eigenvalue weighted by Crippen LogP contribution is -2.45. The first-order valence-corrected chi connectivity index (χ1v) is 5.92. The van der Waals surface area contributed by atoms with Crippen LogP contribution in [0.1, 0.15) is 31.1 Å². The lowest BCUT2D eigenvalue weighted by molar-refractivity contribution is 0.0225. The van der Waals surface area contributed by atoms with Crippen LogP contribution in [0, 0.1) is 11.3 Å². The fourth-order valence-corrected chi connectivity index (χ4v) is 2.20. The summed E-state index contributed by atoms with van der Waals surface area (Å²) in [6.07, 6.45) is -0.660. The Morgan fingerprint density at radius 3 is 2.81 bits per heavy atom. The molecule has 4 heteroatoms. The molecule has 0 unspecified atom stereocenters. The molecule has 1 aliphatic rings. The van der Waals surface area contributed by atoms with Crippen molar-refractivity contribution in [2.45, 2.75) is 30.4 Å². The molecule has 0 bridgehead atoms. The van der Waals surface area contributed by atoms with Crippen LogP contribution in [0.25, 0.3) is 0 Å². The molecule has 1 aromatic carbocycles. The van der Waals surface area contributed by atoms with Crippen molar-refractivity contribution in [3.8, 4) is 11.8 Å². The molecule has 2 atom stereocenters. The zero-order valence-electron chi connectivity index (χ0n) is 9.07. The fraction of sp³-hybridized carbons (Fsp3) is 0.417. The van der Waals surface area contributed by atoms with Crippen LogP contribution >= 0.6 is 15.9 Å². The maximum atomic E-state index is 10.1. The van der Waals surface area contributed by atoms with E-state index in [1.165, 1.54) is 0 Å². The van der Waals surface area contributed by atoms with Gasteiger partial charge in [-0.1, -0.05) is 15.9 Å². The molecule has 0 fully saturated rings. The highest BCUT2D eigenvalue weighted by molar-refractivity contribution is 9.09. The number of nitrogens with zero attached hydrogens (tertiary/aromatic N) is 1. The van der Waals surface area contributed by atoms with Crippen molar-refractivity contribution in [3.63, 3.8) is 0 Å². The number of aliphatic hydroxyl groups is 1. The summed E-state index contributed by atoms with van der Waals surface area (Å²) >= 11 is 3.43. The first-order valence-electron chi connectivity index (χ1n) is 5.01. The second kappa shape index (κ2) is 3.76. The Morgan fingerprint density at radius 2 is 2.19 bits per heavy atom. The van der Waals surface area contributed by atoms with Gasteiger partial charge in [-0.05, 0) is 32.0 Å². The van der Waals surface area contributed by atoms with Crippen molar-refractivity contribution in [1.29, 1.82) is 5.26 Å². The van der Waals surface area contributed by atoms with E-state index in [0.717, 1.165) is 0 Å². The van der Waals surface area contributed by atoms with E-state index in [-0.39, 0.29) is 4.83 Å². The molecule has 0 aliphatic carbocycles. The van der Waals surface area contributed by atoms with E-state index in [1.54, 1.807) is 18.2 Å². The van der Waals surface area contributed by atoms with Gasteiger partial charge in [-0.15, -0.1) is 0 Å². The smallest absolute Gasteiger partial charge is 0.126 e. The van der Waals surface area contributed by atoms with E-state index in [9.17, 15) is 5.11 Å². The molecule has 1 aliphatic heterocycles. The van der Waals surface area contributed by atoms with E-state index in [4.69, 9.17) is 10.00 Å². The van der Waals surface area contributed by atoms with Gasteiger partial charge in [-0.3, -0.25) is 0 Å². The monoisotopic (exact) mass is 281 g/mol.